The van der Waals surface area contributed by atoms with E-state index in [2.05, 4.69) is 4.99 Å². The molecule has 1 amide bonds. The number of nitrogens with one attached hydrogen (secondary N) is 1. The van der Waals surface area contributed by atoms with E-state index < -0.39 is 5.91 Å². The Labute approximate surface area is 188 Å². The largest absolute Gasteiger partial charge is 0.497 e. The van der Waals surface area contributed by atoms with Crippen molar-refractivity contribution in [3.63, 3.8) is 0 Å². The molecular formula is C22H18ClN3O4S. The van der Waals surface area contributed by atoms with Crippen molar-refractivity contribution >= 4 is 46.3 Å². The third kappa shape index (κ3) is 4.76. The van der Waals surface area contributed by atoms with Crippen molar-refractivity contribution in [1.82, 2.24) is 4.90 Å². The first-order valence-corrected chi connectivity index (χ1v) is 10.6. The van der Waals surface area contributed by atoms with Crippen LogP contribution in [0.4, 0.5) is 0 Å². The third-order valence-electron chi connectivity index (χ3n) is 4.45. The number of fused-ring (bicyclic) bond motifs is 1. The van der Waals surface area contributed by atoms with Gasteiger partial charge in [0.15, 0.2) is 5.17 Å². The second-order valence-electron chi connectivity index (χ2n) is 6.44. The summed E-state index contributed by atoms with van der Waals surface area (Å²) >= 11 is 7.65. The van der Waals surface area contributed by atoms with Crippen molar-refractivity contribution in [2.75, 3.05) is 20.3 Å². The molecule has 2 aromatic rings. The van der Waals surface area contributed by atoms with Crippen LogP contribution >= 0.6 is 23.4 Å². The lowest BCUT2D eigenvalue weighted by molar-refractivity contribution is -0.114. The van der Waals surface area contributed by atoms with Gasteiger partial charge in [-0.15, -0.1) is 0 Å². The Hall–Kier alpha value is -3.23. The number of nitrogens with zero attached hydrogens (tertiary/aromatic N) is 2. The zero-order chi connectivity index (χ0) is 21.8. The molecule has 2 aliphatic heterocycles. The van der Waals surface area contributed by atoms with E-state index in [1.54, 1.807) is 47.9 Å². The average molecular weight is 456 g/mol. The third-order valence-corrected chi connectivity index (χ3v) is 5.50. The molecule has 2 aliphatic rings. The second-order valence-corrected chi connectivity index (χ2v) is 7.72. The summed E-state index contributed by atoms with van der Waals surface area (Å²) in [5.74, 6) is 1.63. The molecule has 31 heavy (non-hydrogen) atoms. The molecule has 0 spiro atoms. The monoisotopic (exact) mass is 455 g/mol. The molecule has 2 aromatic carbocycles. The lowest BCUT2D eigenvalue weighted by Crippen LogP contribution is -2.35. The molecule has 0 bridgehead atoms. The van der Waals surface area contributed by atoms with Crippen LogP contribution in [0.1, 0.15) is 5.56 Å². The highest BCUT2D eigenvalue weighted by atomic mass is 35.5. The van der Waals surface area contributed by atoms with Crippen molar-refractivity contribution in [2.24, 2.45) is 4.99 Å². The fourth-order valence-corrected chi connectivity index (χ4v) is 3.85. The predicted octanol–water partition coefficient (Wildman–Crippen LogP) is 4.58. The van der Waals surface area contributed by atoms with Gasteiger partial charge in [-0.05, 0) is 53.4 Å². The number of benzene rings is 2. The zero-order valence-electron chi connectivity index (χ0n) is 16.5. The molecule has 0 atom stereocenters. The number of carbonyl (C=O) groups excluding carboxylic acids is 1. The summed E-state index contributed by atoms with van der Waals surface area (Å²) in [5.41, 5.74) is 0.878. The maximum absolute atomic E-state index is 12.3. The van der Waals surface area contributed by atoms with E-state index >= 15 is 0 Å². The Morgan fingerprint density at radius 3 is 2.61 bits per heavy atom. The first kappa shape index (κ1) is 21.0. The topological polar surface area (TPSA) is 84.2 Å². The normalized spacial score (nSPS) is 16.4. The molecular weight excluding hydrogens is 438 g/mol. The minimum absolute atomic E-state index is 0.0865. The van der Waals surface area contributed by atoms with Gasteiger partial charge in [-0.25, -0.2) is 0 Å². The van der Waals surface area contributed by atoms with Crippen LogP contribution in [-0.2, 0) is 4.79 Å². The molecule has 0 radical (unpaired) electrons. The fourth-order valence-electron chi connectivity index (χ4n) is 2.91. The predicted molar refractivity (Wildman–Crippen MR) is 122 cm³/mol. The van der Waals surface area contributed by atoms with Gasteiger partial charge in [0.1, 0.15) is 36.3 Å². The van der Waals surface area contributed by atoms with E-state index in [4.69, 9.17) is 31.2 Å². The standard InChI is InChI=1S/C22H18ClN3O4S/c1-28-15-3-5-16(6-4-15)29-9-10-30-19-7-2-14(13-18(19)23)12-17-20(24)26-8-11-31-22(26)25-21(17)27/h2-8,11-13,24H,9-10H2,1H3/b17-12-,24-20?. The second kappa shape index (κ2) is 9.28. The quantitative estimate of drug-likeness (QED) is 0.486. The van der Waals surface area contributed by atoms with Gasteiger partial charge < -0.3 is 14.2 Å². The smallest absolute Gasteiger partial charge is 0.283 e. The van der Waals surface area contributed by atoms with Crippen molar-refractivity contribution in [3.05, 3.63) is 70.2 Å². The lowest BCUT2D eigenvalue weighted by Gasteiger charge is -2.22. The Morgan fingerprint density at radius 2 is 1.87 bits per heavy atom. The molecule has 0 aliphatic carbocycles. The molecule has 9 heteroatoms. The highest BCUT2D eigenvalue weighted by molar-refractivity contribution is 8.16. The highest BCUT2D eigenvalue weighted by Crippen LogP contribution is 2.30. The molecule has 0 fully saturated rings. The first-order chi connectivity index (χ1) is 15.0. The molecule has 0 saturated heterocycles. The van der Waals surface area contributed by atoms with Crippen LogP contribution in [0.25, 0.3) is 6.08 Å². The number of methoxy groups -OCH3 is 1. The number of amidine groups is 2. The van der Waals surface area contributed by atoms with E-state index in [-0.39, 0.29) is 11.4 Å². The van der Waals surface area contributed by atoms with Crippen molar-refractivity contribution in [2.45, 2.75) is 0 Å². The SMILES string of the molecule is COc1ccc(OCCOc2ccc(/C=C3/C(=N)N4C=CSC4=NC3=O)cc2Cl)cc1. The van der Waals surface area contributed by atoms with Crippen molar-refractivity contribution in [3.8, 4) is 17.2 Å². The Morgan fingerprint density at radius 1 is 1.13 bits per heavy atom. The summed E-state index contributed by atoms with van der Waals surface area (Å²) in [6, 6.07) is 12.5. The number of halogens is 1. The molecule has 2 heterocycles. The summed E-state index contributed by atoms with van der Waals surface area (Å²) in [5, 5.41) is 10.9. The minimum atomic E-state index is -0.445. The minimum Gasteiger partial charge on any atom is -0.497 e. The number of amides is 1. The molecule has 4 rings (SSSR count). The van der Waals surface area contributed by atoms with Gasteiger partial charge in [-0.3, -0.25) is 15.1 Å². The van der Waals surface area contributed by atoms with Gasteiger partial charge in [0.05, 0.1) is 17.7 Å². The Kier molecular flexibility index (Phi) is 6.29. The number of rotatable bonds is 7. The number of aliphatic imine (C=N–C) groups is 1. The van der Waals surface area contributed by atoms with Gasteiger partial charge in [-0.1, -0.05) is 29.4 Å². The summed E-state index contributed by atoms with van der Waals surface area (Å²) in [4.78, 5) is 17.9. The highest BCUT2D eigenvalue weighted by Gasteiger charge is 2.31. The van der Waals surface area contributed by atoms with Gasteiger partial charge in [0, 0.05) is 6.20 Å². The van der Waals surface area contributed by atoms with Gasteiger partial charge in [-0.2, -0.15) is 4.99 Å². The molecule has 0 aromatic heterocycles. The van der Waals surface area contributed by atoms with Gasteiger partial charge in [0.25, 0.3) is 5.91 Å². The number of ether oxygens (including phenoxy) is 3. The molecule has 0 unspecified atom stereocenters. The van der Waals surface area contributed by atoms with E-state index in [9.17, 15) is 4.79 Å². The molecule has 0 saturated carbocycles. The lowest BCUT2D eigenvalue weighted by atomic mass is 10.1. The van der Waals surface area contributed by atoms with Crippen LogP contribution in [-0.4, -0.2) is 42.1 Å². The average Bonchev–Trinajstić information content (AvgIpc) is 3.24. The first-order valence-electron chi connectivity index (χ1n) is 9.30. The summed E-state index contributed by atoms with van der Waals surface area (Å²) in [7, 11) is 1.61. The Balaban J connectivity index is 1.36. The molecule has 1 N–H and O–H groups in total. The van der Waals surface area contributed by atoms with Crippen LogP contribution in [0, 0.1) is 5.41 Å². The number of carbonyl (C=O) groups is 1. The van der Waals surface area contributed by atoms with E-state index in [1.807, 2.05) is 24.3 Å². The summed E-state index contributed by atoms with van der Waals surface area (Å²) in [6.45, 7) is 0.660. The Bertz CT molecular complexity index is 1110. The van der Waals surface area contributed by atoms with Gasteiger partial charge >= 0.3 is 0 Å². The van der Waals surface area contributed by atoms with Crippen LogP contribution < -0.4 is 14.2 Å². The van der Waals surface area contributed by atoms with Crippen molar-refractivity contribution < 1.29 is 19.0 Å². The maximum Gasteiger partial charge on any atom is 0.283 e. The van der Waals surface area contributed by atoms with Crippen molar-refractivity contribution in [1.29, 1.82) is 5.41 Å². The fraction of sp³-hybridized carbons (Fsp3) is 0.136. The summed E-state index contributed by atoms with van der Waals surface area (Å²) in [6.07, 6.45) is 3.31. The number of hydrogen-bond donors (Lipinski definition) is 1. The van der Waals surface area contributed by atoms with E-state index in [0.717, 1.165) is 5.75 Å². The van der Waals surface area contributed by atoms with Crippen LogP contribution in [0.15, 0.2) is 64.6 Å². The molecule has 158 valence electrons. The van der Waals surface area contributed by atoms with E-state index in [1.165, 1.54) is 11.8 Å². The van der Waals surface area contributed by atoms with Crippen LogP contribution in [0.3, 0.4) is 0 Å². The summed E-state index contributed by atoms with van der Waals surface area (Å²) < 4.78 is 16.4. The van der Waals surface area contributed by atoms with Gasteiger partial charge in [0.2, 0.25) is 0 Å². The zero-order valence-corrected chi connectivity index (χ0v) is 18.1. The van der Waals surface area contributed by atoms with Crippen LogP contribution in [0.5, 0.6) is 17.2 Å². The van der Waals surface area contributed by atoms with Crippen LogP contribution in [0.2, 0.25) is 5.02 Å². The maximum atomic E-state index is 12.3. The number of thioether (sulfide) groups is 1. The number of hydrogen-bond acceptors (Lipinski definition) is 6. The molecule has 7 nitrogen and oxygen atoms in total. The van der Waals surface area contributed by atoms with E-state index in [0.29, 0.717) is 40.5 Å².